The summed E-state index contributed by atoms with van der Waals surface area (Å²) in [6.07, 6.45) is 7.00. The summed E-state index contributed by atoms with van der Waals surface area (Å²) in [7, 11) is -3.70. The lowest BCUT2D eigenvalue weighted by molar-refractivity contribution is 0.546. The molecule has 0 saturated carbocycles. The third-order valence-electron chi connectivity index (χ3n) is 3.30. The molecule has 1 aromatic carbocycles. The molecule has 0 bridgehead atoms. The number of rotatable bonds is 2. The maximum atomic E-state index is 11.8. The van der Waals surface area contributed by atoms with Gasteiger partial charge in [0.1, 0.15) is 4.75 Å². The van der Waals surface area contributed by atoms with Crippen LogP contribution >= 0.6 is 11.6 Å². The zero-order valence-electron chi connectivity index (χ0n) is 9.88. The number of halogens is 1. The predicted octanol–water partition coefficient (Wildman–Crippen LogP) is 2.60. The number of primary sulfonamides is 1. The van der Waals surface area contributed by atoms with E-state index in [-0.39, 0.29) is 5.92 Å². The number of hydrogen-bond acceptors (Lipinski definition) is 2. The van der Waals surface area contributed by atoms with Gasteiger partial charge in [-0.3, -0.25) is 0 Å². The topological polar surface area (TPSA) is 60.2 Å². The van der Waals surface area contributed by atoms with Crippen molar-refractivity contribution in [1.82, 2.24) is 0 Å². The molecule has 5 heteroatoms. The van der Waals surface area contributed by atoms with Crippen LogP contribution in [0.25, 0.3) is 0 Å². The first kappa shape index (κ1) is 13.3. The highest BCUT2D eigenvalue weighted by atomic mass is 35.5. The molecule has 2 unspecified atom stereocenters. The average molecular weight is 284 g/mol. The second-order valence-corrected chi connectivity index (χ2v) is 6.91. The average Bonchev–Trinajstić information content (AvgIpc) is 2.30. The number of benzene rings is 1. The summed E-state index contributed by atoms with van der Waals surface area (Å²) < 4.78 is 22.5. The number of allylic oxidation sites excluding steroid dienone is 3. The molecule has 1 aliphatic rings. The van der Waals surface area contributed by atoms with Crippen molar-refractivity contribution in [2.45, 2.75) is 17.6 Å². The summed E-state index contributed by atoms with van der Waals surface area (Å²) in [5, 5.41) is 5.98. The van der Waals surface area contributed by atoms with Crippen molar-refractivity contribution in [3.05, 3.63) is 59.2 Å². The van der Waals surface area contributed by atoms with Gasteiger partial charge in [0.15, 0.2) is 0 Å². The normalized spacial score (nSPS) is 27.4. The Morgan fingerprint density at radius 1 is 1.22 bits per heavy atom. The van der Waals surface area contributed by atoms with Gasteiger partial charge < -0.3 is 0 Å². The molecule has 1 aromatic rings. The molecule has 0 radical (unpaired) electrons. The van der Waals surface area contributed by atoms with E-state index in [0.717, 1.165) is 5.56 Å². The molecule has 18 heavy (non-hydrogen) atoms. The highest BCUT2D eigenvalue weighted by molar-refractivity contribution is 7.90. The van der Waals surface area contributed by atoms with Gasteiger partial charge in [0.25, 0.3) is 0 Å². The standard InChI is InChI=1S/C13H14ClNO2S/c1-13(18(15,16)17)9-3-2-4-12(13)10-5-7-11(14)8-6-10/h2-9,12H,1H3,(H2,15,16,17). The summed E-state index contributed by atoms with van der Waals surface area (Å²) in [6, 6.07) is 7.12. The Morgan fingerprint density at radius 3 is 2.39 bits per heavy atom. The molecule has 0 saturated heterocycles. The van der Waals surface area contributed by atoms with Crippen molar-refractivity contribution in [3.8, 4) is 0 Å². The van der Waals surface area contributed by atoms with E-state index in [1.54, 1.807) is 31.2 Å². The molecule has 2 atom stereocenters. The first-order chi connectivity index (χ1) is 8.34. The van der Waals surface area contributed by atoms with Crippen LogP contribution in [-0.2, 0) is 10.0 Å². The Balaban J connectivity index is 2.52. The molecule has 2 N–H and O–H groups in total. The van der Waals surface area contributed by atoms with Gasteiger partial charge in [0.2, 0.25) is 10.0 Å². The summed E-state index contributed by atoms with van der Waals surface area (Å²) in [4.78, 5) is 0. The van der Waals surface area contributed by atoms with Crippen molar-refractivity contribution in [3.63, 3.8) is 0 Å². The molecule has 1 aliphatic carbocycles. The van der Waals surface area contributed by atoms with Crippen LogP contribution in [-0.4, -0.2) is 13.2 Å². The van der Waals surface area contributed by atoms with Gasteiger partial charge in [-0.1, -0.05) is 48.0 Å². The monoisotopic (exact) mass is 283 g/mol. The quantitative estimate of drug-likeness (QED) is 0.907. The van der Waals surface area contributed by atoms with Gasteiger partial charge in [-0.2, -0.15) is 0 Å². The van der Waals surface area contributed by atoms with E-state index in [2.05, 4.69) is 0 Å². The zero-order chi connectivity index (χ0) is 13.4. The summed E-state index contributed by atoms with van der Waals surface area (Å²) in [5.41, 5.74) is 0.872. The molecule has 0 spiro atoms. The molecule has 0 aromatic heterocycles. The Morgan fingerprint density at radius 2 is 1.83 bits per heavy atom. The Labute approximate surface area is 112 Å². The van der Waals surface area contributed by atoms with E-state index >= 15 is 0 Å². The lowest BCUT2D eigenvalue weighted by Crippen LogP contribution is -2.44. The van der Waals surface area contributed by atoms with Gasteiger partial charge in [-0.05, 0) is 24.6 Å². The maximum absolute atomic E-state index is 11.8. The van der Waals surface area contributed by atoms with E-state index in [9.17, 15) is 8.42 Å². The molecule has 0 amide bonds. The van der Waals surface area contributed by atoms with Crippen molar-refractivity contribution in [2.24, 2.45) is 5.14 Å². The summed E-state index contributed by atoms with van der Waals surface area (Å²) in [5.74, 6) is -0.310. The smallest absolute Gasteiger partial charge is 0.219 e. The fourth-order valence-electron chi connectivity index (χ4n) is 2.10. The Bertz CT molecular complexity index is 604. The van der Waals surface area contributed by atoms with E-state index in [4.69, 9.17) is 16.7 Å². The second kappa shape index (κ2) is 4.53. The molecule has 0 heterocycles. The Hall–Kier alpha value is -1.10. The number of nitrogens with two attached hydrogens (primary N) is 1. The van der Waals surface area contributed by atoms with E-state index in [1.807, 2.05) is 24.3 Å². The van der Waals surface area contributed by atoms with Gasteiger partial charge in [0.05, 0.1) is 0 Å². The van der Waals surface area contributed by atoms with Crippen molar-refractivity contribution in [2.75, 3.05) is 0 Å². The van der Waals surface area contributed by atoms with Crippen LogP contribution in [0.5, 0.6) is 0 Å². The maximum Gasteiger partial charge on any atom is 0.219 e. The molecule has 0 fully saturated rings. The number of sulfonamides is 1. The SMILES string of the molecule is CC1(S(N)(=O)=O)C=CC=CC1c1ccc(Cl)cc1. The van der Waals surface area contributed by atoms with Crippen LogP contribution in [0, 0.1) is 0 Å². The molecule has 0 aliphatic heterocycles. The highest BCUT2D eigenvalue weighted by Gasteiger charge is 2.42. The minimum Gasteiger partial charge on any atom is -0.228 e. The number of hydrogen-bond donors (Lipinski definition) is 1. The van der Waals surface area contributed by atoms with Gasteiger partial charge in [-0.25, -0.2) is 13.6 Å². The first-order valence-electron chi connectivity index (χ1n) is 5.48. The lowest BCUT2D eigenvalue weighted by atomic mass is 9.83. The van der Waals surface area contributed by atoms with E-state index < -0.39 is 14.8 Å². The van der Waals surface area contributed by atoms with Crippen molar-refractivity contribution < 1.29 is 8.42 Å². The van der Waals surface area contributed by atoms with Gasteiger partial charge in [-0.15, -0.1) is 0 Å². The summed E-state index contributed by atoms with van der Waals surface area (Å²) in [6.45, 7) is 1.63. The van der Waals surface area contributed by atoms with Crippen LogP contribution in [0.15, 0.2) is 48.6 Å². The minimum atomic E-state index is -3.70. The molecule has 96 valence electrons. The van der Waals surface area contributed by atoms with Crippen LogP contribution in [0.4, 0.5) is 0 Å². The van der Waals surface area contributed by atoms with Crippen LogP contribution in [0.3, 0.4) is 0 Å². The largest absolute Gasteiger partial charge is 0.228 e. The van der Waals surface area contributed by atoms with Gasteiger partial charge in [0, 0.05) is 10.9 Å². The Kier molecular flexibility index (Phi) is 3.36. The second-order valence-electron chi connectivity index (χ2n) is 4.50. The van der Waals surface area contributed by atoms with E-state index in [0.29, 0.717) is 5.02 Å². The highest BCUT2D eigenvalue weighted by Crippen LogP contribution is 2.38. The van der Waals surface area contributed by atoms with Crippen LogP contribution < -0.4 is 5.14 Å². The fourth-order valence-corrected chi connectivity index (χ4v) is 3.06. The molecule has 3 nitrogen and oxygen atoms in total. The van der Waals surface area contributed by atoms with Crippen LogP contribution in [0.1, 0.15) is 18.4 Å². The lowest BCUT2D eigenvalue weighted by Gasteiger charge is -2.33. The first-order valence-corrected chi connectivity index (χ1v) is 7.41. The third-order valence-corrected chi connectivity index (χ3v) is 5.17. The van der Waals surface area contributed by atoms with Crippen molar-refractivity contribution in [1.29, 1.82) is 0 Å². The predicted molar refractivity (Wildman–Crippen MR) is 74.0 cm³/mol. The van der Waals surface area contributed by atoms with Crippen molar-refractivity contribution >= 4 is 21.6 Å². The summed E-state index contributed by atoms with van der Waals surface area (Å²) >= 11 is 5.84. The zero-order valence-corrected chi connectivity index (χ0v) is 11.4. The molecular weight excluding hydrogens is 270 g/mol. The molecular formula is C13H14ClNO2S. The fraction of sp³-hybridized carbons (Fsp3) is 0.231. The molecule has 2 rings (SSSR count). The third kappa shape index (κ3) is 2.23. The minimum absolute atomic E-state index is 0.310. The van der Waals surface area contributed by atoms with E-state index in [1.165, 1.54) is 0 Å². The van der Waals surface area contributed by atoms with Crippen LogP contribution in [0.2, 0.25) is 5.02 Å². The van der Waals surface area contributed by atoms with Gasteiger partial charge >= 0.3 is 0 Å².